The first kappa shape index (κ1) is 33.7. The smallest absolute Gasteiger partial charge is 0.407 e. The molecule has 0 bridgehead atoms. The molecule has 2 N–H and O–H groups in total. The van der Waals surface area contributed by atoms with Gasteiger partial charge in [-0.3, -0.25) is 14.2 Å². The number of rotatable bonds is 12. The molecule has 2 atom stereocenters. The lowest BCUT2D eigenvalue weighted by Gasteiger charge is -2.24. The normalized spacial score (nSPS) is 13.1. The fourth-order valence-electron chi connectivity index (χ4n) is 5.92. The first-order valence-corrected chi connectivity index (χ1v) is 15.4. The number of aromatic nitrogens is 2. The molecule has 3 aromatic carbocycles. The van der Waals surface area contributed by atoms with Gasteiger partial charge < -0.3 is 29.6 Å². The summed E-state index contributed by atoms with van der Waals surface area (Å²) in [5.41, 5.74) is 4.67. The topological polar surface area (TPSA) is 147 Å². The second-order valence-corrected chi connectivity index (χ2v) is 11.6. The van der Waals surface area contributed by atoms with E-state index in [0.29, 0.717) is 5.69 Å². The van der Waals surface area contributed by atoms with Crippen LogP contribution in [0.4, 0.5) is 4.79 Å². The van der Waals surface area contributed by atoms with Crippen molar-refractivity contribution in [3.05, 3.63) is 102 Å². The average Bonchev–Trinajstić information content (AvgIpc) is 3.70. The Morgan fingerprint density at radius 2 is 1.44 bits per heavy atom. The Morgan fingerprint density at radius 3 is 2.00 bits per heavy atom. The summed E-state index contributed by atoms with van der Waals surface area (Å²) < 4.78 is 22.7. The first-order valence-electron chi connectivity index (χ1n) is 15.4. The van der Waals surface area contributed by atoms with Crippen LogP contribution in [0.3, 0.4) is 0 Å². The fourth-order valence-corrected chi connectivity index (χ4v) is 5.92. The molecule has 0 radical (unpaired) electrons. The van der Waals surface area contributed by atoms with Gasteiger partial charge in [0.2, 0.25) is 5.91 Å². The Labute approximate surface area is 278 Å². The predicted molar refractivity (Wildman–Crippen MR) is 176 cm³/mol. The van der Waals surface area contributed by atoms with Gasteiger partial charge >= 0.3 is 12.1 Å². The van der Waals surface area contributed by atoms with Crippen LogP contribution in [0.2, 0.25) is 0 Å². The van der Waals surface area contributed by atoms with Crippen molar-refractivity contribution in [2.45, 2.75) is 38.3 Å². The number of esters is 1. The highest BCUT2D eigenvalue weighted by Crippen LogP contribution is 2.44. The van der Waals surface area contributed by atoms with Crippen LogP contribution in [0.15, 0.2) is 79.3 Å². The van der Waals surface area contributed by atoms with Crippen molar-refractivity contribution in [1.82, 2.24) is 20.2 Å². The summed E-state index contributed by atoms with van der Waals surface area (Å²) >= 11 is 0. The zero-order valence-electron chi connectivity index (χ0n) is 27.4. The standard InChI is InChI=1S/C36H38N4O8/c1-21(2)32(35(43)47-5)39-33(41)28(17-22-18-37-20-40(22)34(42)31-29(45-3)15-10-16-30(31)46-4)38-36(44)48-19-27-25-13-8-6-11-23(25)24-12-7-9-14-26(24)27/h6-16,18,20-21,27-28,32H,17,19H2,1-5H3,(H,38,44)(H,39,41)/t28-,32-/m0/s1. The Kier molecular flexibility index (Phi) is 10.4. The van der Waals surface area contributed by atoms with Crippen molar-refractivity contribution < 1.29 is 38.1 Å². The Balaban J connectivity index is 1.40. The van der Waals surface area contributed by atoms with E-state index in [2.05, 4.69) is 15.6 Å². The van der Waals surface area contributed by atoms with Gasteiger partial charge in [-0.2, -0.15) is 0 Å². The van der Waals surface area contributed by atoms with Crippen molar-refractivity contribution in [3.63, 3.8) is 0 Å². The van der Waals surface area contributed by atoms with Gasteiger partial charge in [0, 0.05) is 24.2 Å². The molecule has 2 amide bonds. The Morgan fingerprint density at radius 1 is 0.833 bits per heavy atom. The van der Waals surface area contributed by atoms with Crippen molar-refractivity contribution in [2.75, 3.05) is 27.9 Å². The van der Waals surface area contributed by atoms with Gasteiger partial charge in [-0.15, -0.1) is 0 Å². The van der Waals surface area contributed by atoms with Gasteiger partial charge in [-0.1, -0.05) is 68.4 Å². The molecular weight excluding hydrogens is 616 g/mol. The zero-order valence-corrected chi connectivity index (χ0v) is 27.4. The number of imidazole rings is 1. The van der Waals surface area contributed by atoms with Crippen LogP contribution in [0.25, 0.3) is 11.1 Å². The number of hydrogen-bond acceptors (Lipinski definition) is 9. The summed E-state index contributed by atoms with van der Waals surface area (Å²) in [5.74, 6) is -1.79. The number of methoxy groups -OCH3 is 3. The number of amides is 2. The molecule has 1 heterocycles. The number of fused-ring (bicyclic) bond motifs is 3. The van der Waals surface area contributed by atoms with E-state index < -0.39 is 36.0 Å². The summed E-state index contributed by atoms with van der Waals surface area (Å²) in [6, 6.07) is 18.6. The molecule has 12 nitrogen and oxygen atoms in total. The van der Waals surface area contributed by atoms with E-state index in [4.69, 9.17) is 18.9 Å². The van der Waals surface area contributed by atoms with Crippen molar-refractivity contribution >= 4 is 23.9 Å². The van der Waals surface area contributed by atoms with E-state index >= 15 is 0 Å². The molecule has 0 fully saturated rings. The molecule has 1 aliphatic carbocycles. The lowest BCUT2D eigenvalue weighted by Crippen LogP contribution is -2.54. The van der Waals surface area contributed by atoms with E-state index in [1.807, 2.05) is 48.5 Å². The molecule has 5 rings (SSSR count). The monoisotopic (exact) mass is 654 g/mol. The zero-order chi connectivity index (χ0) is 34.4. The molecule has 1 aromatic heterocycles. The van der Waals surface area contributed by atoms with Gasteiger partial charge in [0.1, 0.15) is 42.1 Å². The lowest BCUT2D eigenvalue weighted by molar-refractivity contribution is -0.146. The van der Waals surface area contributed by atoms with Crippen LogP contribution < -0.4 is 20.1 Å². The molecule has 0 saturated heterocycles. The lowest BCUT2D eigenvalue weighted by atomic mass is 9.98. The molecular formula is C36H38N4O8. The average molecular weight is 655 g/mol. The third-order valence-corrected chi connectivity index (χ3v) is 8.36. The summed E-state index contributed by atoms with van der Waals surface area (Å²) in [5, 5.41) is 5.34. The minimum absolute atomic E-state index is 0.0228. The van der Waals surface area contributed by atoms with Crippen LogP contribution >= 0.6 is 0 Å². The number of benzene rings is 3. The number of ether oxygens (including phenoxy) is 4. The van der Waals surface area contributed by atoms with Crippen LogP contribution in [0.1, 0.15) is 46.9 Å². The molecule has 0 spiro atoms. The van der Waals surface area contributed by atoms with E-state index in [0.717, 1.165) is 22.3 Å². The second-order valence-electron chi connectivity index (χ2n) is 11.6. The summed E-state index contributed by atoms with van der Waals surface area (Å²) in [6.07, 6.45) is 1.70. The van der Waals surface area contributed by atoms with Crippen molar-refractivity contribution in [1.29, 1.82) is 0 Å². The number of carbonyl (C=O) groups is 4. The molecule has 0 saturated carbocycles. The maximum atomic E-state index is 13.8. The van der Waals surface area contributed by atoms with Crippen molar-refractivity contribution in [3.8, 4) is 22.6 Å². The van der Waals surface area contributed by atoms with Crippen LogP contribution in [-0.2, 0) is 25.5 Å². The molecule has 0 unspecified atom stereocenters. The van der Waals surface area contributed by atoms with E-state index in [-0.39, 0.29) is 41.9 Å². The SMILES string of the molecule is COC(=O)[C@@H](NC(=O)[C@H](Cc1cncn1C(=O)c1c(OC)cccc1OC)NC(=O)OCC1c2ccccc2-c2ccccc21)C(C)C. The van der Waals surface area contributed by atoms with E-state index in [9.17, 15) is 19.2 Å². The Hall–Kier alpha value is -5.65. The molecule has 48 heavy (non-hydrogen) atoms. The minimum atomic E-state index is -1.27. The van der Waals surface area contributed by atoms with Gasteiger partial charge in [-0.05, 0) is 40.3 Å². The second kappa shape index (κ2) is 14.8. The third kappa shape index (κ3) is 6.87. The highest BCUT2D eigenvalue weighted by Gasteiger charge is 2.33. The summed E-state index contributed by atoms with van der Waals surface area (Å²) in [7, 11) is 4.10. The van der Waals surface area contributed by atoms with Gasteiger partial charge in [0.05, 0.1) is 21.3 Å². The highest BCUT2D eigenvalue weighted by atomic mass is 16.5. The van der Waals surface area contributed by atoms with Gasteiger partial charge in [-0.25, -0.2) is 14.6 Å². The third-order valence-electron chi connectivity index (χ3n) is 8.36. The first-order chi connectivity index (χ1) is 23.2. The van der Waals surface area contributed by atoms with E-state index in [1.54, 1.807) is 32.0 Å². The van der Waals surface area contributed by atoms with Gasteiger partial charge in [0.25, 0.3) is 5.91 Å². The molecule has 1 aliphatic rings. The largest absolute Gasteiger partial charge is 0.496 e. The number of hydrogen-bond donors (Lipinski definition) is 2. The molecule has 12 heteroatoms. The Bertz CT molecular complexity index is 1750. The van der Waals surface area contributed by atoms with Crippen LogP contribution in [0.5, 0.6) is 11.5 Å². The van der Waals surface area contributed by atoms with E-state index in [1.165, 1.54) is 38.4 Å². The number of nitrogens with zero attached hydrogens (tertiary/aromatic N) is 2. The van der Waals surface area contributed by atoms with Crippen molar-refractivity contribution in [2.24, 2.45) is 5.92 Å². The molecule has 4 aromatic rings. The summed E-state index contributed by atoms with van der Waals surface area (Å²) in [4.78, 5) is 57.5. The van der Waals surface area contributed by atoms with Crippen LogP contribution in [0, 0.1) is 5.92 Å². The predicted octanol–water partition coefficient (Wildman–Crippen LogP) is 4.35. The maximum Gasteiger partial charge on any atom is 0.407 e. The molecule has 250 valence electrons. The number of nitrogens with one attached hydrogen (secondary N) is 2. The van der Waals surface area contributed by atoms with Gasteiger partial charge in [0.15, 0.2) is 0 Å². The summed E-state index contributed by atoms with van der Waals surface area (Å²) in [6.45, 7) is 3.53. The number of alkyl carbamates (subject to hydrolysis) is 1. The quantitative estimate of drug-likeness (QED) is 0.213. The minimum Gasteiger partial charge on any atom is -0.496 e. The highest BCUT2D eigenvalue weighted by molar-refractivity contribution is 6.01. The fraction of sp³-hybridized carbons (Fsp3) is 0.306. The molecule has 0 aliphatic heterocycles. The van der Waals surface area contributed by atoms with Crippen LogP contribution in [-0.4, -0.2) is 73.4 Å². The number of carbonyl (C=O) groups excluding carboxylic acids is 4. The maximum absolute atomic E-state index is 13.8.